The fraction of sp³-hybridized carbons (Fsp3) is 0.412. The zero-order valence-corrected chi connectivity index (χ0v) is 14.6. The van der Waals surface area contributed by atoms with Gasteiger partial charge >= 0.3 is 0 Å². The molecule has 0 saturated heterocycles. The quantitative estimate of drug-likeness (QED) is 0.772. The Morgan fingerprint density at radius 2 is 2.08 bits per heavy atom. The van der Waals surface area contributed by atoms with Gasteiger partial charge < -0.3 is 5.32 Å². The largest absolute Gasteiger partial charge is 0.300 e. The summed E-state index contributed by atoms with van der Waals surface area (Å²) in [4.78, 5) is 12.9. The van der Waals surface area contributed by atoms with Gasteiger partial charge in [0, 0.05) is 11.5 Å². The second-order valence-corrected chi connectivity index (χ2v) is 7.37. The number of hydrogen-bond donors (Lipinski definition) is 1. The minimum atomic E-state index is -0.296. The Hall–Kier alpha value is -2.35. The topological polar surface area (TPSA) is 72.2 Å². The van der Waals surface area contributed by atoms with Crippen LogP contribution in [0.2, 0.25) is 0 Å². The number of benzene rings is 1. The molecule has 1 aliphatic rings. The highest BCUT2D eigenvalue weighted by Gasteiger charge is 2.23. The van der Waals surface area contributed by atoms with Gasteiger partial charge in [-0.3, -0.25) is 4.79 Å². The number of amides is 1. The van der Waals surface area contributed by atoms with Crippen molar-refractivity contribution in [3.05, 3.63) is 29.6 Å². The highest BCUT2D eigenvalue weighted by atomic mass is 32.1. The number of hydrogen-bond acceptors (Lipinski definition) is 5. The molecule has 1 aliphatic carbocycles. The highest BCUT2D eigenvalue weighted by Crippen LogP contribution is 2.28. The molecule has 6 nitrogen and oxygen atoms in total. The zero-order chi connectivity index (χ0) is 17.4. The summed E-state index contributed by atoms with van der Waals surface area (Å²) in [6.45, 7) is 1.71. The Kier molecular flexibility index (Phi) is 4.20. The average Bonchev–Trinajstić information content (AvgIpc) is 3.18. The van der Waals surface area contributed by atoms with Gasteiger partial charge in [0.2, 0.25) is 16.0 Å². The first-order valence-corrected chi connectivity index (χ1v) is 9.23. The average molecular weight is 359 g/mol. The van der Waals surface area contributed by atoms with Crippen LogP contribution in [0, 0.1) is 18.7 Å². The fourth-order valence-corrected chi connectivity index (χ4v) is 3.89. The van der Waals surface area contributed by atoms with Crippen molar-refractivity contribution in [2.24, 2.45) is 5.92 Å². The van der Waals surface area contributed by atoms with Crippen molar-refractivity contribution in [3.8, 4) is 11.4 Å². The smallest absolute Gasteiger partial charge is 0.236 e. The third kappa shape index (κ3) is 3.13. The molecule has 130 valence electrons. The van der Waals surface area contributed by atoms with Gasteiger partial charge in [-0.15, -0.1) is 15.3 Å². The SMILES string of the molecule is Cc1ccc(-c2nnc3sc(NC(=O)C4CCCCC4)nn23)cc1F. The van der Waals surface area contributed by atoms with Crippen LogP contribution in [0.5, 0.6) is 0 Å². The first-order valence-electron chi connectivity index (χ1n) is 8.41. The van der Waals surface area contributed by atoms with E-state index in [1.807, 2.05) is 0 Å². The minimum absolute atomic E-state index is 0.0209. The summed E-state index contributed by atoms with van der Waals surface area (Å²) in [7, 11) is 0. The first kappa shape index (κ1) is 16.1. The van der Waals surface area contributed by atoms with Gasteiger partial charge in [0.05, 0.1) is 0 Å². The summed E-state index contributed by atoms with van der Waals surface area (Å²) in [6, 6.07) is 4.91. The molecule has 4 rings (SSSR count). The molecule has 8 heteroatoms. The molecule has 0 spiro atoms. The molecule has 2 aromatic heterocycles. The number of halogens is 1. The van der Waals surface area contributed by atoms with Crippen LogP contribution >= 0.6 is 11.3 Å². The Labute approximate surface area is 148 Å². The lowest BCUT2D eigenvalue weighted by Gasteiger charge is -2.19. The number of nitrogens with zero attached hydrogens (tertiary/aromatic N) is 4. The van der Waals surface area contributed by atoms with Crippen molar-refractivity contribution in [3.63, 3.8) is 0 Å². The van der Waals surface area contributed by atoms with Crippen LogP contribution in [-0.4, -0.2) is 25.7 Å². The van der Waals surface area contributed by atoms with Gasteiger partial charge in [0.1, 0.15) is 5.82 Å². The Balaban J connectivity index is 1.59. The normalized spacial score (nSPS) is 15.6. The maximum atomic E-state index is 13.8. The number of rotatable bonds is 3. The zero-order valence-electron chi connectivity index (χ0n) is 13.8. The van der Waals surface area contributed by atoms with Crippen LogP contribution in [0.1, 0.15) is 37.7 Å². The molecule has 25 heavy (non-hydrogen) atoms. The van der Waals surface area contributed by atoms with Crippen molar-refractivity contribution >= 4 is 27.3 Å². The highest BCUT2D eigenvalue weighted by molar-refractivity contribution is 7.20. The molecule has 0 bridgehead atoms. The van der Waals surface area contributed by atoms with Crippen LogP contribution in [0.15, 0.2) is 18.2 Å². The Bertz CT molecular complexity index is 928. The van der Waals surface area contributed by atoms with Crippen LogP contribution in [0.4, 0.5) is 9.52 Å². The summed E-state index contributed by atoms with van der Waals surface area (Å²) >= 11 is 1.26. The monoisotopic (exact) mass is 359 g/mol. The molecule has 1 N–H and O–H groups in total. The predicted octanol–water partition coefficient (Wildman–Crippen LogP) is 3.82. The van der Waals surface area contributed by atoms with Crippen LogP contribution < -0.4 is 5.32 Å². The Morgan fingerprint density at radius 1 is 1.28 bits per heavy atom. The van der Waals surface area contributed by atoms with Gasteiger partial charge in [-0.1, -0.05) is 42.7 Å². The standard InChI is InChI=1S/C17H18FN5OS/c1-10-7-8-12(9-13(10)18)14-20-21-17-23(14)22-16(25-17)19-15(24)11-5-3-2-4-6-11/h7-9,11H,2-6H2,1H3,(H,19,22,24). The molecule has 0 unspecified atom stereocenters. The maximum Gasteiger partial charge on any atom is 0.236 e. The van der Waals surface area contributed by atoms with Gasteiger partial charge in [-0.2, -0.15) is 4.52 Å². The van der Waals surface area contributed by atoms with Crippen LogP contribution in [0.3, 0.4) is 0 Å². The van der Waals surface area contributed by atoms with Gasteiger partial charge in [0.15, 0.2) is 5.82 Å². The van der Waals surface area contributed by atoms with Crippen molar-refractivity contribution in [2.75, 3.05) is 5.32 Å². The summed E-state index contributed by atoms with van der Waals surface area (Å²) in [6.07, 6.45) is 5.28. The van der Waals surface area contributed by atoms with E-state index in [-0.39, 0.29) is 17.6 Å². The van der Waals surface area contributed by atoms with Crippen molar-refractivity contribution in [1.82, 2.24) is 19.8 Å². The number of aromatic nitrogens is 4. The van der Waals surface area contributed by atoms with E-state index in [9.17, 15) is 9.18 Å². The molecule has 1 amide bonds. The lowest BCUT2D eigenvalue weighted by atomic mass is 9.89. The van der Waals surface area contributed by atoms with E-state index in [2.05, 4.69) is 20.6 Å². The minimum Gasteiger partial charge on any atom is -0.300 e. The molecule has 0 radical (unpaired) electrons. The molecule has 1 aromatic carbocycles. The van der Waals surface area contributed by atoms with E-state index in [0.717, 1.165) is 25.7 Å². The molecule has 2 heterocycles. The fourth-order valence-electron chi connectivity index (χ4n) is 3.15. The maximum absolute atomic E-state index is 13.8. The third-order valence-corrected chi connectivity index (χ3v) is 5.44. The number of carbonyl (C=O) groups excluding carboxylic acids is 1. The van der Waals surface area contributed by atoms with E-state index in [1.165, 1.54) is 23.8 Å². The molecule has 1 fully saturated rings. The molecule has 1 saturated carbocycles. The Morgan fingerprint density at radius 3 is 2.84 bits per heavy atom. The lowest BCUT2D eigenvalue weighted by molar-refractivity contribution is -0.120. The summed E-state index contributed by atoms with van der Waals surface area (Å²) in [5.74, 6) is 0.250. The van der Waals surface area contributed by atoms with Crippen LogP contribution in [0.25, 0.3) is 16.3 Å². The number of fused-ring (bicyclic) bond motifs is 1. The predicted molar refractivity (Wildman–Crippen MR) is 94.0 cm³/mol. The number of carbonyl (C=O) groups is 1. The molecule has 0 aliphatic heterocycles. The van der Waals surface area contributed by atoms with E-state index >= 15 is 0 Å². The van der Waals surface area contributed by atoms with E-state index in [4.69, 9.17) is 0 Å². The second kappa shape index (κ2) is 6.51. The van der Waals surface area contributed by atoms with Gasteiger partial charge in [-0.25, -0.2) is 4.39 Å². The van der Waals surface area contributed by atoms with Crippen molar-refractivity contribution in [2.45, 2.75) is 39.0 Å². The number of aryl methyl sites for hydroxylation is 1. The summed E-state index contributed by atoms with van der Waals surface area (Å²) in [5, 5.41) is 15.9. The molecule has 3 aromatic rings. The van der Waals surface area contributed by atoms with Gasteiger partial charge in [-0.05, 0) is 31.4 Å². The first-order chi connectivity index (χ1) is 12.1. The summed E-state index contributed by atoms with van der Waals surface area (Å²) in [5.41, 5.74) is 1.18. The number of nitrogens with one attached hydrogen (secondary N) is 1. The molecular formula is C17H18FN5OS. The van der Waals surface area contributed by atoms with Crippen LogP contribution in [-0.2, 0) is 4.79 Å². The van der Waals surface area contributed by atoms with Gasteiger partial charge in [0.25, 0.3) is 0 Å². The van der Waals surface area contributed by atoms with E-state index in [0.29, 0.717) is 27.0 Å². The summed E-state index contributed by atoms with van der Waals surface area (Å²) < 4.78 is 15.4. The second-order valence-electron chi connectivity index (χ2n) is 6.41. The lowest BCUT2D eigenvalue weighted by Crippen LogP contribution is -2.24. The molecule has 0 atom stereocenters. The van der Waals surface area contributed by atoms with Crippen molar-refractivity contribution < 1.29 is 9.18 Å². The third-order valence-electron chi connectivity index (χ3n) is 4.63. The molecular weight excluding hydrogens is 341 g/mol. The van der Waals surface area contributed by atoms with E-state index < -0.39 is 0 Å². The van der Waals surface area contributed by atoms with E-state index in [1.54, 1.807) is 23.6 Å². The number of anilines is 1. The van der Waals surface area contributed by atoms with Crippen molar-refractivity contribution in [1.29, 1.82) is 0 Å².